The van der Waals surface area contributed by atoms with E-state index in [1.807, 2.05) is 18.2 Å². The molecule has 100 valence electrons. The van der Waals surface area contributed by atoms with Gasteiger partial charge in [-0.05, 0) is 29.7 Å². The molecule has 0 saturated carbocycles. The van der Waals surface area contributed by atoms with E-state index in [1.54, 1.807) is 6.07 Å². The van der Waals surface area contributed by atoms with E-state index in [0.717, 1.165) is 12.0 Å². The van der Waals surface area contributed by atoms with E-state index in [9.17, 15) is 4.79 Å². The highest BCUT2D eigenvalue weighted by molar-refractivity contribution is 5.92. The molecule has 1 heterocycles. The minimum Gasteiger partial charge on any atom is -0.347 e. The molecule has 0 saturated heterocycles. The van der Waals surface area contributed by atoms with Gasteiger partial charge in [-0.3, -0.25) is 9.78 Å². The van der Waals surface area contributed by atoms with Crippen LogP contribution in [0.4, 0.5) is 0 Å². The molecule has 0 fully saturated rings. The van der Waals surface area contributed by atoms with Crippen LogP contribution >= 0.6 is 0 Å². The van der Waals surface area contributed by atoms with Crippen LogP contribution in [0.15, 0.2) is 42.6 Å². The van der Waals surface area contributed by atoms with Gasteiger partial charge in [0.15, 0.2) is 0 Å². The van der Waals surface area contributed by atoms with Gasteiger partial charge in [-0.2, -0.15) is 5.26 Å². The Labute approximate surface area is 118 Å². The minimum atomic E-state index is -0.276. The van der Waals surface area contributed by atoms with Gasteiger partial charge in [-0.15, -0.1) is 0 Å². The number of nitriles is 1. The molecule has 4 nitrogen and oxygen atoms in total. The third kappa shape index (κ3) is 3.42. The Hall–Kier alpha value is -2.67. The smallest absolute Gasteiger partial charge is 0.270 e. The zero-order chi connectivity index (χ0) is 14.4. The van der Waals surface area contributed by atoms with E-state index in [-0.39, 0.29) is 11.6 Å². The van der Waals surface area contributed by atoms with E-state index in [4.69, 9.17) is 5.26 Å². The Morgan fingerprint density at radius 2 is 1.95 bits per heavy atom. The number of pyridine rings is 1. The highest BCUT2D eigenvalue weighted by Gasteiger charge is 2.07. The molecule has 1 aromatic heterocycles. The lowest BCUT2D eigenvalue weighted by Crippen LogP contribution is -2.23. The first kappa shape index (κ1) is 13.8. The first-order valence-electron chi connectivity index (χ1n) is 6.45. The number of amides is 1. The molecule has 0 aliphatic heterocycles. The lowest BCUT2D eigenvalue weighted by Gasteiger charge is -2.06. The Morgan fingerprint density at radius 3 is 2.60 bits per heavy atom. The van der Waals surface area contributed by atoms with Gasteiger partial charge in [0.25, 0.3) is 5.91 Å². The summed E-state index contributed by atoms with van der Waals surface area (Å²) in [5.74, 6) is -0.276. The van der Waals surface area contributed by atoms with Crippen molar-refractivity contribution in [3.8, 4) is 6.07 Å². The Morgan fingerprint density at radius 1 is 1.25 bits per heavy atom. The highest BCUT2D eigenvalue weighted by Crippen LogP contribution is 2.05. The van der Waals surface area contributed by atoms with E-state index in [0.29, 0.717) is 12.1 Å². The van der Waals surface area contributed by atoms with Gasteiger partial charge in [-0.1, -0.05) is 31.2 Å². The van der Waals surface area contributed by atoms with Crippen LogP contribution in [-0.4, -0.2) is 10.9 Å². The van der Waals surface area contributed by atoms with Crippen LogP contribution in [0.2, 0.25) is 0 Å². The van der Waals surface area contributed by atoms with Crippen LogP contribution < -0.4 is 5.32 Å². The number of rotatable bonds is 4. The molecule has 4 heteroatoms. The predicted octanol–water partition coefficient (Wildman–Crippen LogP) is 2.45. The Kier molecular flexibility index (Phi) is 4.46. The maximum atomic E-state index is 11.9. The quantitative estimate of drug-likeness (QED) is 0.923. The third-order valence-electron chi connectivity index (χ3n) is 3.01. The van der Waals surface area contributed by atoms with Gasteiger partial charge in [-0.25, -0.2) is 0 Å². The van der Waals surface area contributed by atoms with Crippen LogP contribution in [-0.2, 0) is 13.0 Å². The summed E-state index contributed by atoms with van der Waals surface area (Å²) in [5.41, 5.74) is 2.99. The first-order valence-corrected chi connectivity index (χ1v) is 6.45. The summed E-state index contributed by atoms with van der Waals surface area (Å²) >= 11 is 0. The Bertz CT molecular complexity index is 642. The van der Waals surface area contributed by atoms with Crippen LogP contribution in [0.1, 0.15) is 34.1 Å². The molecule has 1 aromatic carbocycles. The number of aryl methyl sites for hydroxylation is 1. The van der Waals surface area contributed by atoms with E-state index < -0.39 is 0 Å². The molecule has 1 amide bonds. The summed E-state index contributed by atoms with van der Waals surface area (Å²) in [6, 6.07) is 13.1. The molecule has 2 aromatic rings. The number of nitrogens with one attached hydrogen (secondary N) is 1. The van der Waals surface area contributed by atoms with E-state index >= 15 is 0 Å². The van der Waals surface area contributed by atoms with Gasteiger partial charge in [0, 0.05) is 12.7 Å². The first-order chi connectivity index (χ1) is 9.72. The van der Waals surface area contributed by atoms with Gasteiger partial charge < -0.3 is 5.32 Å². The summed E-state index contributed by atoms with van der Waals surface area (Å²) in [6.07, 6.45) is 2.46. The van der Waals surface area contributed by atoms with Crippen LogP contribution in [0.5, 0.6) is 0 Å². The molecule has 0 aliphatic rings. The second kappa shape index (κ2) is 6.48. The second-order valence-corrected chi connectivity index (χ2v) is 4.39. The highest BCUT2D eigenvalue weighted by atomic mass is 16.1. The van der Waals surface area contributed by atoms with Gasteiger partial charge >= 0.3 is 0 Å². The minimum absolute atomic E-state index is 0.259. The maximum Gasteiger partial charge on any atom is 0.270 e. The fourth-order valence-electron chi connectivity index (χ4n) is 1.79. The summed E-state index contributed by atoms with van der Waals surface area (Å²) in [7, 11) is 0. The van der Waals surface area contributed by atoms with Crippen molar-refractivity contribution in [2.45, 2.75) is 19.9 Å². The van der Waals surface area contributed by atoms with Crippen molar-refractivity contribution in [1.82, 2.24) is 10.3 Å². The average Bonchev–Trinajstić information content (AvgIpc) is 2.53. The standard InChI is InChI=1S/C16H15N3O/c1-2-12-3-5-13(6-4-12)11-19-16(20)15-9-14(10-17)7-8-18-15/h3-9H,2,11H2,1H3,(H,19,20). The van der Waals surface area contributed by atoms with Gasteiger partial charge in [0.05, 0.1) is 11.6 Å². The number of carbonyl (C=O) groups is 1. The third-order valence-corrected chi connectivity index (χ3v) is 3.01. The molecule has 0 atom stereocenters. The van der Waals surface area contributed by atoms with E-state index in [2.05, 4.69) is 29.4 Å². The molecule has 0 aliphatic carbocycles. The molecular formula is C16H15N3O. The fourth-order valence-corrected chi connectivity index (χ4v) is 1.79. The monoisotopic (exact) mass is 265 g/mol. The van der Waals surface area contributed by atoms with Crippen molar-refractivity contribution >= 4 is 5.91 Å². The SMILES string of the molecule is CCc1ccc(CNC(=O)c2cc(C#N)ccn2)cc1. The number of benzene rings is 1. The summed E-state index contributed by atoms with van der Waals surface area (Å²) in [4.78, 5) is 15.9. The Balaban J connectivity index is 1.99. The van der Waals surface area contributed by atoms with Gasteiger partial charge in [0.1, 0.15) is 5.69 Å². The van der Waals surface area contributed by atoms with Crippen molar-refractivity contribution in [2.75, 3.05) is 0 Å². The van der Waals surface area contributed by atoms with Crippen molar-refractivity contribution in [3.05, 3.63) is 65.0 Å². The fraction of sp³-hybridized carbons (Fsp3) is 0.188. The molecular weight excluding hydrogens is 250 g/mol. The van der Waals surface area contributed by atoms with Crippen LogP contribution in [0, 0.1) is 11.3 Å². The lowest BCUT2D eigenvalue weighted by atomic mass is 10.1. The number of hydrogen-bond donors (Lipinski definition) is 1. The maximum absolute atomic E-state index is 11.9. The normalized spacial score (nSPS) is 9.80. The van der Waals surface area contributed by atoms with Crippen molar-refractivity contribution < 1.29 is 4.79 Å². The van der Waals surface area contributed by atoms with Gasteiger partial charge in [0.2, 0.25) is 0 Å². The second-order valence-electron chi connectivity index (χ2n) is 4.39. The molecule has 0 spiro atoms. The summed E-state index contributed by atoms with van der Waals surface area (Å²) < 4.78 is 0. The average molecular weight is 265 g/mol. The molecule has 0 bridgehead atoms. The van der Waals surface area contributed by atoms with Crippen molar-refractivity contribution in [2.24, 2.45) is 0 Å². The van der Waals surface area contributed by atoms with Crippen molar-refractivity contribution in [3.63, 3.8) is 0 Å². The summed E-state index contributed by atoms with van der Waals surface area (Å²) in [5, 5.41) is 11.6. The predicted molar refractivity (Wildman–Crippen MR) is 75.9 cm³/mol. The molecule has 2 rings (SSSR count). The molecule has 0 unspecified atom stereocenters. The van der Waals surface area contributed by atoms with Crippen LogP contribution in [0.25, 0.3) is 0 Å². The molecule has 0 radical (unpaired) electrons. The largest absolute Gasteiger partial charge is 0.347 e. The number of carbonyl (C=O) groups excluding carboxylic acids is 1. The number of nitrogens with zero attached hydrogens (tertiary/aromatic N) is 2. The zero-order valence-corrected chi connectivity index (χ0v) is 11.3. The number of hydrogen-bond acceptors (Lipinski definition) is 3. The summed E-state index contributed by atoms with van der Waals surface area (Å²) in [6.45, 7) is 2.55. The van der Waals surface area contributed by atoms with E-state index in [1.165, 1.54) is 17.8 Å². The molecule has 20 heavy (non-hydrogen) atoms. The number of aromatic nitrogens is 1. The zero-order valence-electron chi connectivity index (χ0n) is 11.3. The van der Waals surface area contributed by atoms with Crippen molar-refractivity contribution in [1.29, 1.82) is 5.26 Å². The lowest BCUT2D eigenvalue weighted by molar-refractivity contribution is 0.0946. The topological polar surface area (TPSA) is 65.8 Å². The molecule has 1 N–H and O–H groups in total. The van der Waals surface area contributed by atoms with Crippen LogP contribution in [0.3, 0.4) is 0 Å².